The molecule has 0 saturated carbocycles. The topological polar surface area (TPSA) is 95.8 Å². The van der Waals surface area contributed by atoms with Gasteiger partial charge in [0, 0.05) is 49.6 Å². The molecule has 1 aliphatic rings. The number of nitro groups is 1. The van der Waals surface area contributed by atoms with Crippen LogP contribution >= 0.6 is 0 Å². The molecule has 2 aromatic carbocycles. The Kier molecular flexibility index (Phi) is 5.30. The molecule has 0 atom stereocenters. The van der Waals surface area contributed by atoms with Crippen molar-refractivity contribution in [3.05, 3.63) is 70.0 Å². The van der Waals surface area contributed by atoms with E-state index in [2.05, 4.69) is 5.32 Å². The summed E-state index contributed by atoms with van der Waals surface area (Å²) in [7, 11) is 0. The van der Waals surface area contributed by atoms with E-state index in [0.717, 1.165) is 0 Å². The lowest BCUT2D eigenvalue weighted by Gasteiger charge is -2.34. The predicted octanol–water partition coefficient (Wildman–Crippen LogP) is 2.72. The molecule has 0 unspecified atom stereocenters. The van der Waals surface area contributed by atoms with Crippen LogP contribution in [0.4, 0.5) is 20.6 Å². The van der Waals surface area contributed by atoms with Gasteiger partial charge >= 0.3 is 6.03 Å². The molecule has 2 aromatic rings. The first-order chi connectivity index (χ1) is 12.9. The largest absolute Gasteiger partial charge is 0.335 e. The number of rotatable bonds is 3. The van der Waals surface area contributed by atoms with Gasteiger partial charge < -0.3 is 15.1 Å². The van der Waals surface area contributed by atoms with E-state index in [1.807, 2.05) is 0 Å². The van der Waals surface area contributed by atoms with Crippen molar-refractivity contribution in [1.29, 1.82) is 0 Å². The first kappa shape index (κ1) is 18.3. The van der Waals surface area contributed by atoms with Crippen molar-refractivity contribution in [2.45, 2.75) is 0 Å². The molecule has 0 aromatic heterocycles. The van der Waals surface area contributed by atoms with Crippen LogP contribution in [0.15, 0.2) is 48.5 Å². The number of nitrogens with zero attached hydrogens (tertiary/aromatic N) is 3. The van der Waals surface area contributed by atoms with Crippen LogP contribution in [0.3, 0.4) is 0 Å². The summed E-state index contributed by atoms with van der Waals surface area (Å²) in [6, 6.07) is 10.7. The lowest BCUT2D eigenvalue weighted by atomic mass is 10.1. The summed E-state index contributed by atoms with van der Waals surface area (Å²) in [5, 5.41) is 13.5. The second kappa shape index (κ2) is 7.81. The van der Waals surface area contributed by atoms with Crippen LogP contribution in [0.25, 0.3) is 0 Å². The molecule has 140 valence electrons. The third-order valence-corrected chi connectivity index (χ3v) is 4.25. The number of hydrogen-bond acceptors (Lipinski definition) is 4. The third-order valence-electron chi connectivity index (χ3n) is 4.25. The Bertz CT molecular complexity index is 864. The van der Waals surface area contributed by atoms with Crippen molar-refractivity contribution in [3.63, 3.8) is 0 Å². The smallest absolute Gasteiger partial charge is 0.321 e. The molecule has 8 nitrogen and oxygen atoms in total. The Labute approximate surface area is 154 Å². The molecular weight excluding hydrogens is 355 g/mol. The van der Waals surface area contributed by atoms with Gasteiger partial charge in [-0.3, -0.25) is 14.9 Å². The maximum absolute atomic E-state index is 12.9. The third kappa shape index (κ3) is 4.38. The predicted molar refractivity (Wildman–Crippen MR) is 96.0 cm³/mol. The Balaban J connectivity index is 1.57. The van der Waals surface area contributed by atoms with Crippen molar-refractivity contribution in [2.75, 3.05) is 31.5 Å². The van der Waals surface area contributed by atoms with Gasteiger partial charge in [-0.25, -0.2) is 9.18 Å². The minimum atomic E-state index is -0.547. The molecule has 1 fully saturated rings. The van der Waals surface area contributed by atoms with Crippen LogP contribution in [-0.4, -0.2) is 52.8 Å². The number of nitro benzene ring substituents is 1. The highest BCUT2D eigenvalue weighted by atomic mass is 19.1. The van der Waals surface area contributed by atoms with Crippen LogP contribution in [0.2, 0.25) is 0 Å². The minimum Gasteiger partial charge on any atom is -0.335 e. The number of carbonyl (C=O) groups is 2. The molecule has 1 saturated heterocycles. The van der Waals surface area contributed by atoms with E-state index < -0.39 is 4.92 Å². The number of nitrogens with one attached hydrogen (secondary N) is 1. The van der Waals surface area contributed by atoms with E-state index >= 15 is 0 Å². The Hall–Kier alpha value is -3.49. The molecular formula is C18H17FN4O4. The fourth-order valence-corrected chi connectivity index (χ4v) is 2.78. The highest BCUT2D eigenvalue weighted by Crippen LogP contribution is 2.16. The van der Waals surface area contributed by atoms with E-state index in [4.69, 9.17) is 0 Å². The zero-order valence-corrected chi connectivity index (χ0v) is 14.3. The summed E-state index contributed by atoms with van der Waals surface area (Å²) >= 11 is 0. The van der Waals surface area contributed by atoms with Gasteiger partial charge in [-0.2, -0.15) is 0 Å². The first-order valence-electron chi connectivity index (χ1n) is 8.29. The van der Waals surface area contributed by atoms with Gasteiger partial charge in [0.2, 0.25) is 0 Å². The van der Waals surface area contributed by atoms with E-state index in [1.165, 1.54) is 48.5 Å². The first-order valence-corrected chi connectivity index (χ1v) is 8.29. The summed E-state index contributed by atoms with van der Waals surface area (Å²) in [6.45, 7) is 1.29. The normalized spacial score (nSPS) is 14.0. The molecule has 1 aliphatic heterocycles. The van der Waals surface area contributed by atoms with Crippen LogP contribution in [0.5, 0.6) is 0 Å². The Morgan fingerprint density at radius 1 is 1.00 bits per heavy atom. The number of non-ortho nitro benzene ring substituents is 1. The highest BCUT2D eigenvalue weighted by Gasteiger charge is 2.25. The van der Waals surface area contributed by atoms with Crippen molar-refractivity contribution in [1.82, 2.24) is 9.80 Å². The van der Waals surface area contributed by atoms with Crippen LogP contribution in [0.1, 0.15) is 10.4 Å². The van der Waals surface area contributed by atoms with Gasteiger partial charge in [0.15, 0.2) is 0 Å². The van der Waals surface area contributed by atoms with Gasteiger partial charge in [0.1, 0.15) is 5.82 Å². The summed E-state index contributed by atoms with van der Waals surface area (Å²) in [4.78, 5) is 38.2. The van der Waals surface area contributed by atoms with Crippen molar-refractivity contribution >= 4 is 23.3 Å². The second-order valence-electron chi connectivity index (χ2n) is 6.02. The van der Waals surface area contributed by atoms with Gasteiger partial charge in [-0.05, 0) is 30.3 Å². The maximum Gasteiger partial charge on any atom is 0.321 e. The van der Waals surface area contributed by atoms with E-state index in [0.29, 0.717) is 31.9 Å². The molecule has 1 heterocycles. The number of halogens is 1. The van der Waals surface area contributed by atoms with Gasteiger partial charge in [-0.1, -0.05) is 6.07 Å². The van der Waals surface area contributed by atoms with E-state index in [9.17, 15) is 24.1 Å². The maximum atomic E-state index is 12.9. The Morgan fingerprint density at radius 2 is 1.63 bits per heavy atom. The molecule has 0 spiro atoms. The van der Waals surface area contributed by atoms with Crippen molar-refractivity contribution in [2.24, 2.45) is 0 Å². The van der Waals surface area contributed by atoms with Crippen molar-refractivity contribution < 1.29 is 18.9 Å². The fourth-order valence-electron chi connectivity index (χ4n) is 2.78. The van der Waals surface area contributed by atoms with E-state index in [1.54, 1.807) is 9.80 Å². The molecule has 1 N–H and O–H groups in total. The average molecular weight is 372 g/mol. The zero-order valence-electron chi connectivity index (χ0n) is 14.3. The molecule has 3 amide bonds. The van der Waals surface area contributed by atoms with Crippen LogP contribution in [-0.2, 0) is 0 Å². The Morgan fingerprint density at radius 3 is 2.26 bits per heavy atom. The summed E-state index contributed by atoms with van der Waals surface area (Å²) in [5.74, 6) is -0.696. The van der Waals surface area contributed by atoms with Gasteiger partial charge in [-0.15, -0.1) is 0 Å². The van der Waals surface area contributed by atoms with E-state index in [-0.39, 0.29) is 29.0 Å². The fraction of sp³-hybridized carbons (Fsp3) is 0.222. The quantitative estimate of drug-likeness (QED) is 0.662. The van der Waals surface area contributed by atoms with Crippen LogP contribution < -0.4 is 5.32 Å². The number of piperazine rings is 1. The lowest BCUT2D eigenvalue weighted by molar-refractivity contribution is -0.384. The number of hydrogen-bond donors (Lipinski definition) is 1. The van der Waals surface area contributed by atoms with Gasteiger partial charge in [0.25, 0.3) is 11.6 Å². The van der Waals surface area contributed by atoms with Crippen molar-refractivity contribution in [3.8, 4) is 0 Å². The monoisotopic (exact) mass is 372 g/mol. The standard InChI is InChI=1S/C18H17FN4O4/c19-14-4-6-15(7-5-14)20-18(25)22-10-8-21(9-11-22)17(24)13-2-1-3-16(12-13)23(26)27/h1-7,12H,8-11H2,(H,20,25). The van der Waals surface area contributed by atoms with Crippen LogP contribution in [0, 0.1) is 15.9 Å². The lowest BCUT2D eigenvalue weighted by Crippen LogP contribution is -2.51. The number of benzene rings is 2. The second-order valence-corrected chi connectivity index (χ2v) is 6.02. The molecule has 0 radical (unpaired) electrons. The SMILES string of the molecule is O=C(Nc1ccc(F)cc1)N1CCN(C(=O)c2cccc([N+](=O)[O-])c2)CC1. The molecule has 0 bridgehead atoms. The number of urea groups is 1. The summed E-state index contributed by atoms with van der Waals surface area (Å²) in [6.07, 6.45) is 0. The number of amides is 3. The minimum absolute atomic E-state index is 0.141. The summed E-state index contributed by atoms with van der Waals surface area (Å²) in [5.41, 5.74) is 0.586. The number of carbonyl (C=O) groups excluding carboxylic acids is 2. The molecule has 0 aliphatic carbocycles. The molecule has 3 rings (SSSR count). The zero-order chi connectivity index (χ0) is 19.4. The molecule has 9 heteroatoms. The summed E-state index contributed by atoms with van der Waals surface area (Å²) < 4.78 is 12.9. The highest BCUT2D eigenvalue weighted by molar-refractivity contribution is 5.95. The molecule has 27 heavy (non-hydrogen) atoms. The van der Waals surface area contributed by atoms with Gasteiger partial charge in [0.05, 0.1) is 4.92 Å². The number of anilines is 1. The average Bonchev–Trinajstić information content (AvgIpc) is 2.69.